The lowest BCUT2D eigenvalue weighted by Crippen LogP contribution is -2.36. The number of carbonyl (C=O) groups is 2. The van der Waals surface area contributed by atoms with Crippen molar-refractivity contribution < 1.29 is 18.7 Å². The molecule has 3 rings (SSSR count). The van der Waals surface area contributed by atoms with Crippen LogP contribution in [0.3, 0.4) is 0 Å². The number of thioether (sulfide) groups is 1. The number of benzene rings is 1. The van der Waals surface area contributed by atoms with Crippen molar-refractivity contribution in [3.05, 3.63) is 24.3 Å². The Morgan fingerprint density at radius 2 is 2.03 bits per heavy atom. The minimum Gasteiger partial charge on any atom is -0.332 e. The highest BCUT2D eigenvalue weighted by Crippen LogP contribution is 2.45. The first-order valence-electron chi connectivity index (χ1n) is 10.0. The van der Waals surface area contributed by atoms with Gasteiger partial charge in [0.15, 0.2) is 0 Å². The van der Waals surface area contributed by atoms with Crippen LogP contribution >= 0.6 is 19.3 Å². The van der Waals surface area contributed by atoms with Gasteiger partial charge in [0.25, 0.3) is 0 Å². The summed E-state index contributed by atoms with van der Waals surface area (Å²) in [4.78, 5) is 23.6. The number of terminal acetylenes is 1. The van der Waals surface area contributed by atoms with Gasteiger partial charge in [0.05, 0.1) is 18.7 Å². The zero-order valence-corrected chi connectivity index (χ0v) is 18.6. The molecule has 2 aliphatic heterocycles. The molecule has 2 unspecified atom stereocenters. The number of hydrogen-bond donors (Lipinski definition) is 4. The number of nitrogens with one attached hydrogen (secondary N) is 4. The summed E-state index contributed by atoms with van der Waals surface area (Å²) in [7, 11) is -3.34. The number of amides is 3. The van der Waals surface area contributed by atoms with Crippen molar-refractivity contribution in [3.8, 4) is 12.1 Å². The molecule has 4 N–H and O–H groups in total. The number of fused-ring (bicyclic) bond motifs is 1. The molecule has 2 fully saturated rings. The van der Waals surface area contributed by atoms with E-state index < -0.39 is 7.52 Å². The Bertz CT molecular complexity index is 857. The highest BCUT2D eigenvalue weighted by atomic mass is 32.2. The van der Waals surface area contributed by atoms with Crippen LogP contribution < -0.4 is 21.0 Å². The summed E-state index contributed by atoms with van der Waals surface area (Å²) in [5, 5.41) is 11.9. The van der Waals surface area contributed by atoms with Gasteiger partial charge in [-0.15, -0.1) is 6.42 Å². The normalized spacial score (nSPS) is 24.1. The van der Waals surface area contributed by atoms with E-state index in [4.69, 9.17) is 10.9 Å². The molecule has 2 aliphatic rings. The predicted molar refractivity (Wildman–Crippen MR) is 121 cm³/mol. The summed E-state index contributed by atoms with van der Waals surface area (Å²) in [5.41, 5.74) is 3.38. The molecule has 0 aromatic heterocycles. The van der Waals surface area contributed by atoms with Gasteiger partial charge in [-0.1, -0.05) is 6.42 Å². The summed E-state index contributed by atoms with van der Waals surface area (Å²) in [6.07, 6.45) is 8.43. The predicted octanol–water partition coefficient (Wildman–Crippen LogP) is 3.58. The highest BCUT2D eigenvalue weighted by molar-refractivity contribution is 8.00. The minimum absolute atomic E-state index is 0.0490. The Morgan fingerprint density at radius 3 is 2.73 bits per heavy atom. The van der Waals surface area contributed by atoms with Gasteiger partial charge in [-0.05, 0) is 44.0 Å². The minimum atomic E-state index is -3.34. The molecular weight excluding hydrogens is 423 g/mol. The summed E-state index contributed by atoms with van der Waals surface area (Å²) in [6.45, 7) is 1.96. The number of hydrogen-bond acceptors (Lipinski definition) is 5. The van der Waals surface area contributed by atoms with E-state index in [1.807, 2.05) is 11.8 Å². The molecule has 2 heterocycles. The molecule has 162 valence electrons. The van der Waals surface area contributed by atoms with E-state index in [-0.39, 0.29) is 30.6 Å². The van der Waals surface area contributed by atoms with Crippen molar-refractivity contribution in [1.29, 1.82) is 0 Å². The smallest absolute Gasteiger partial charge is 0.332 e. The molecule has 10 heteroatoms. The Labute approximate surface area is 181 Å². The van der Waals surface area contributed by atoms with Crippen molar-refractivity contribution in [2.24, 2.45) is 0 Å². The quantitative estimate of drug-likeness (QED) is 0.188. The second kappa shape index (κ2) is 10.3. The second-order valence-electron chi connectivity index (χ2n) is 7.20. The number of anilines is 2. The third kappa shape index (κ3) is 5.94. The molecular formula is C20H27N4O4PS. The SMILES string of the molecule is C#CP(=O)(Nc1ccc(NC(=O)CCCCC2SC[C@@H]3NC(=O)N[C@H]23)cc1)OCC. The topological polar surface area (TPSA) is 109 Å². The first kappa shape index (κ1) is 22.5. The fourth-order valence-electron chi connectivity index (χ4n) is 3.58. The Balaban J connectivity index is 1.37. The monoisotopic (exact) mass is 450 g/mol. The van der Waals surface area contributed by atoms with Crippen LogP contribution in [0.15, 0.2) is 24.3 Å². The van der Waals surface area contributed by atoms with Crippen LogP contribution in [0.25, 0.3) is 0 Å². The third-order valence-electron chi connectivity index (χ3n) is 5.01. The fraction of sp³-hybridized carbons (Fsp3) is 0.500. The molecule has 30 heavy (non-hydrogen) atoms. The van der Waals surface area contributed by atoms with E-state index in [9.17, 15) is 14.2 Å². The molecule has 1 aromatic carbocycles. The van der Waals surface area contributed by atoms with Crippen LogP contribution in [0, 0.1) is 12.1 Å². The van der Waals surface area contributed by atoms with Gasteiger partial charge >= 0.3 is 13.6 Å². The van der Waals surface area contributed by atoms with Gasteiger partial charge < -0.3 is 25.6 Å². The van der Waals surface area contributed by atoms with Crippen molar-refractivity contribution in [1.82, 2.24) is 10.6 Å². The standard InChI is InChI=1S/C20H27N4O4PS/c1-3-28-29(27,4-2)24-15-11-9-14(10-12-15)21-18(25)8-6-5-7-17-19-16(13-30-17)22-20(26)23-19/h2,9-12,16-17,19H,3,5-8,13H2,1H3,(H,21,25)(H,24,27)(H2,22,23,26)/t16-,17?,19-,29?/m0/s1. The zero-order chi connectivity index (χ0) is 21.6. The van der Waals surface area contributed by atoms with Gasteiger partial charge in [-0.2, -0.15) is 11.8 Å². The van der Waals surface area contributed by atoms with E-state index in [1.165, 1.54) is 0 Å². The summed E-state index contributed by atoms with van der Waals surface area (Å²) < 4.78 is 17.4. The Kier molecular flexibility index (Phi) is 7.70. The molecule has 0 bridgehead atoms. The third-order valence-corrected chi connectivity index (χ3v) is 8.03. The van der Waals surface area contributed by atoms with Crippen molar-refractivity contribution >= 4 is 42.6 Å². The van der Waals surface area contributed by atoms with Gasteiger partial charge in [0, 0.05) is 34.5 Å². The second-order valence-corrected chi connectivity index (χ2v) is 10.3. The zero-order valence-electron chi connectivity index (χ0n) is 16.8. The van der Waals surface area contributed by atoms with E-state index in [2.05, 4.69) is 26.7 Å². The molecule has 4 atom stereocenters. The van der Waals surface area contributed by atoms with E-state index in [0.717, 1.165) is 25.0 Å². The molecule has 0 aliphatic carbocycles. The van der Waals surface area contributed by atoms with E-state index >= 15 is 0 Å². The fourth-order valence-corrected chi connectivity index (χ4v) is 6.18. The van der Waals surface area contributed by atoms with Crippen molar-refractivity contribution in [3.63, 3.8) is 0 Å². The Hall–Kier alpha value is -2.14. The molecule has 8 nitrogen and oxygen atoms in total. The maximum atomic E-state index is 12.3. The first-order valence-corrected chi connectivity index (χ1v) is 12.7. The number of carbonyl (C=O) groups excluding carboxylic acids is 2. The van der Waals surface area contributed by atoms with Crippen LogP contribution in [0.1, 0.15) is 32.6 Å². The first-order chi connectivity index (χ1) is 14.4. The van der Waals surface area contributed by atoms with Gasteiger partial charge in [-0.25, -0.2) is 4.79 Å². The van der Waals surface area contributed by atoms with Gasteiger partial charge in [-0.3, -0.25) is 9.36 Å². The van der Waals surface area contributed by atoms with Crippen molar-refractivity contribution in [2.45, 2.75) is 49.9 Å². The van der Waals surface area contributed by atoms with E-state index in [1.54, 1.807) is 31.2 Å². The van der Waals surface area contributed by atoms with Gasteiger partial charge in [0.1, 0.15) is 0 Å². The van der Waals surface area contributed by atoms with Crippen LogP contribution in [0.4, 0.5) is 16.2 Å². The van der Waals surface area contributed by atoms with Crippen LogP contribution in [0.5, 0.6) is 0 Å². The molecule has 0 spiro atoms. The maximum Gasteiger partial charge on any atom is 0.367 e. The van der Waals surface area contributed by atoms with Crippen LogP contribution in [0.2, 0.25) is 0 Å². The molecule has 3 amide bonds. The number of rotatable bonds is 10. The average molecular weight is 451 g/mol. The number of unbranched alkanes of at least 4 members (excludes halogenated alkanes) is 1. The molecule has 1 aromatic rings. The van der Waals surface area contributed by atoms with Crippen LogP contribution in [-0.4, -0.2) is 41.6 Å². The summed E-state index contributed by atoms with van der Waals surface area (Å²) in [5.74, 6) is 0.896. The Morgan fingerprint density at radius 1 is 1.30 bits per heavy atom. The summed E-state index contributed by atoms with van der Waals surface area (Å²) in [6, 6.07) is 7.19. The lowest BCUT2D eigenvalue weighted by Gasteiger charge is -2.16. The summed E-state index contributed by atoms with van der Waals surface area (Å²) >= 11 is 1.88. The average Bonchev–Trinajstić information content (AvgIpc) is 3.26. The molecule has 2 saturated heterocycles. The lowest BCUT2D eigenvalue weighted by atomic mass is 10.0. The van der Waals surface area contributed by atoms with Gasteiger partial charge in [0.2, 0.25) is 5.91 Å². The maximum absolute atomic E-state index is 12.3. The lowest BCUT2D eigenvalue weighted by molar-refractivity contribution is -0.116. The molecule has 0 radical (unpaired) electrons. The van der Waals surface area contributed by atoms with E-state index in [0.29, 0.717) is 23.0 Å². The highest BCUT2D eigenvalue weighted by Gasteiger charge is 2.42. The number of urea groups is 1. The molecule has 0 saturated carbocycles. The van der Waals surface area contributed by atoms with Crippen molar-refractivity contribution in [2.75, 3.05) is 22.8 Å². The largest absolute Gasteiger partial charge is 0.367 e. The van der Waals surface area contributed by atoms with Crippen LogP contribution in [-0.2, 0) is 13.9 Å².